The molecule has 6 aromatic rings. The molecule has 0 aliphatic heterocycles. The molecule has 2 heteroatoms. The fourth-order valence-corrected chi connectivity index (χ4v) is 5.03. The maximum absolute atomic E-state index is 6.79. The summed E-state index contributed by atoms with van der Waals surface area (Å²) < 4.78 is 0. The summed E-state index contributed by atoms with van der Waals surface area (Å²) in [5.74, 6) is 0. The molecule has 0 radical (unpaired) electrons. The second-order valence-electron chi connectivity index (χ2n) is 8.57. The predicted molar refractivity (Wildman–Crippen MR) is 142 cm³/mol. The largest absolute Gasteiger partial charge is 0.398 e. The molecule has 0 saturated heterocycles. The van der Waals surface area contributed by atoms with Crippen molar-refractivity contribution in [3.63, 3.8) is 0 Å². The van der Waals surface area contributed by atoms with Crippen molar-refractivity contribution in [2.24, 2.45) is 11.5 Å². The average Bonchev–Trinajstić information content (AvgIpc) is 2.87. The van der Waals surface area contributed by atoms with E-state index in [1.807, 2.05) is 6.08 Å². The molecule has 1 unspecified atom stereocenters. The highest BCUT2D eigenvalue weighted by molar-refractivity contribution is 6.12. The van der Waals surface area contributed by atoms with E-state index >= 15 is 0 Å². The van der Waals surface area contributed by atoms with Gasteiger partial charge in [-0.3, -0.25) is 0 Å². The fourth-order valence-electron chi connectivity index (χ4n) is 5.03. The summed E-state index contributed by atoms with van der Waals surface area (Å²) in [6.45, 7) is 0. The van der Waals surface area contributed by atoms with E-state index in [0.717, 1.165) is 21.9 Å². The predicted octanol–water partition coefficient (Wildman–Crippen LogP) is 7.30. The molecule has 0 spiro atoms. The number of rotatable bonds is 3. The van der Waals surface area contributed by atoms with Crippen molar-refractivity contribution in [2.45, 2.75) is 6.04 Å². The first-order valence-electron chi connectivity index (χ1n) is 11.2. The maximum Gasteiger partial charge on any atom is 0.0510 e. The van der Waals surface area contributed by atoms with E-state index in [9.17, 15) is 0 Å². The summed E-state index contributed by atoms with van der Waals surface area (Å²) in [4.78, 5) is 0. The van der Waals surface area contributed by atoms with Crippen LogP contribution in [0.4, 0.5) is 0 Å². The van der Waals surface area contributed by atoms with Crippen LogP contribution in [-0.4, -0.2) is 0 Å². The van der Waals surface area contributed by atoms with Crippen molar-refractivity contribution in [2.75, 3.05) is 0 Å². The zero-order valence-electron chi connectivity index (χ0n) is 18.2. The second kappa shape index (κ2) is 7.77. The third-order valence-electron chi connectivity index (χ3n) is 6.60. The Morgan fingerprint density at radius 2 is 1.00 bits per heavy atom. The van der Waals surface area contributed by atoms with Gasteiger partial charge in [0.15, 0.2) is 0 Å². The SMILES string of the molecule is N/C(=C\C(N)c1cc2ccccc2c2ccccc12)c1cc2ccccc2c2ccccc12. The fraction of sp³-hybridized carbons (Fsp3) is 0.0323. The van der Waals surface area contributed by atoms with E-state index < -0.39 is 0 Å². The Balaban J connectivity index is 1.54. The van der Waals surface area contributed by atoms with Crippen molar-refractivity contribution in [3.8, 4) is 0 Å². The molecule has 0 aliphatic rings. The highest BCUT2D eigenvalue weighted by Crippen LogP contribution is 2.34. The van der Waals surface area contributed by atoms with Gasteiger partial charge in [0.2, 0.25) is 0 Å². The summed E-state index contributed by atoms with van der Waals surface area (Å²) in [7, 11) is 0. The topological polar surface area (TPSA) is 52.0 Å². The Hall–Kier alpha value is -4.14. The van der Waals surface area contributed by atoms with Gasteiger partial charge in [-0.05, 0) is 66.9 Å². The average molecular weight is 425 g/mol. The van der Waals surface area contributed by atoms with Gasteiger partial charge in [0.1, 0.15) is 0 Å². The van der Waals surface area contributed by atoms with Crippen molar-refractivity contribution in [1.82, 2.24) is 0 Å². The third kappa shape index (κ3) is 3.24. The molecule has 2 nitrogen and oxygen atoms in total. The highest BCUT2D eigenvalue weighted by atomic mass is 14.7. The molecule has 4 N–H and O–H groups in total. The van der Waals surface area contributed by atoms with Gasteiger partial charge >= 0.3 is 0 Å². The number of fused-ring (bicyclic) bond motifs is 6. The Kier molecular flexibility index (Phi) is 4.60. The summed E-state index contributed by atoms with van der Waals surface area (Å²) in [6, 6.07) is 37.8. The molecule has 0 aliphatic carbocycles. The first kappa shape index (κ1) is 19.5. The van der Waals surface area contributed by atoms with Crippen LogP contribution in [0.5, 0.6) is 0 Å². The Labute approximate surface area is 192 Å². The lowest BCUT2D eigenvalue weighted by Gasteiger charge is -2.16. The number of benzene rings is 6. The lowest BCUT2D eigenvalue weighted by Crippen LogP contribution is -2.11. The van der Waals surface area contributed by atoms with Crippen LogP contribution in [0.3, 0.4) is 0 Å². The molecule has 6 aromatic carbocycles. The molecule has 0 fully saturated rings. The van der Waals surface area contributed by atoms with Crippen LogP contribution in [-0.2, 0) is 0 Å². The molecule has 6 rings (SSSR count). The van der Waals surface area contributed by atoms with Gasteiger partial charge in [0.25, 0.3) is 0 Å². The molecule has 0 bridgehead atoms. The summed E-state index contributed by atoms with van der Waals surface area (Å²) in [6.07, 6.45) is 1.99. The summed E-state index contributed by atoms with van der Waals surface area (Å²) in [5.41, 5.74) is 16.3. The van der Waals surface area contributed by atoms with E-state index in [-0.39, 0.29) is 6.04 Å². The summed E-state index contributed by atoms with van der Waals surface area (Å²) in [5, 5.41) is 9.54. The number of hydrogen-bond acceptors (Lipinski definition) is 2. The monoisotopic (exact) mass is 424 g/mol. The lowest BCUT2D eigenvalue weighted by atomic mass is 9.92. The number of nitrogens with two attached hydrogens (primary N) is 2. The lowest BCUT2D eigenvalue weighted by molar-refractivity contribution is 0.924. The van der Waals surface area contributed by atoms with Crippen molar-refractivity contribution in [3.05, 3.63) is 126 Å². The van der Waals surface area contributed by atoms with Crippen LogP contribution in [0.1, 0.15) is 17.2 Å². The van der Waals surface area contributed by atoms with E-state index in [0.29, 0.717) is 5.70 Å². The van der Waals surface area contributed by atoms with Crippen LogP contribution in [0, 0.1) is 0 Å². The Morgan fingerprint density at radius 3 is 1.64 bits per heavy atom. The second-order valence-corrected chi connectivity index (χ2v) is 8.57. The minimum absolute atomic E-state index is 0.329. The van der Waals surface area contributed by atoms with Gasteiger partial charge in [-0.25, -0.2) is 0 Å². The van der Waals surface area contributed by atoms with E-state index in [2.05, 4.69) is 109 Å². The smallest absolute Gasteiger partial charge is 0.0510 e. The number of hydrogen-bond donors (Lipinski definition) is 2. The van der Waals surface area contributed by atoms with E-state index in [1.165, 1.54) is 32.3 Å². The van der Waals surface area contributed by atoms with Crippen molar-refractivity contribution in [1.29, 1.82) is 0 Å². The molecule has 0 heterocycles. The zero-order valence-corrected chi connectivity index (χ0v) is 18.2. The third-order valence-corrected chi connectivity index (χ3v) is 6.60. The van der Waals surface area contributed by atoms with Gasteiger partial charge < -0.3 is 11.5 Å². The van der Waals surface area contributed by atoms with Gasteiger partial charge in [-0.15, -0.1) is 0 Å². The van der Waals surface area contributed by atoms with Crippen LogP contribution in [0.2, 0.25) is 0 Å². The van der Waals surface area contributed by atoms with Crippen LogP contribution < -0.4 is 11.5 Å². The molecule has 0 amide bonds. The molecule has 158 valence electrons. The van der Waals surface area contributed by atoms with Gasteiger partial charge in [-0.1, -0.05) is 97.1 Å². The zero-order chi connectivity index (χ0) is 22.4. The molecule has 1 atom stereocenters. The van der Waals surface area contributed by atoms with Crippen LogP contribution in [0.15, 0.2) is 115 Å². The first-order chi connectivity index (χ1) is 16.2. The molecule has 33 heavy (non-hydrogen) atoms. The normalized spacial score (nSPS) is 13.2. The van der Waals surface area contributed by atoms with Crippen molar-refractivity contribution >= 4 is 48.8 Å². The van der Waals surface area contributed by atoms with Crippen LogP contribution >= 0.6 is 0 Å². The van der Waals surface area contributed by atoms with E-state index in [4.69, 9.17) is 11.5 Å². The summed E-state index contributed by atoms with van der Waals surface area (Å²) >= 11 is 0. The van der Waals surface area contributed by atoms with Crippen molar-refractivity contribution < 1.29 is 0 Å². The standard InChI is InChI=1S/C31H24N2/c32-30(28-17-20-9-1-3-11-22(20)24-13-5-7-15-26(24)28)19-31(33)29-18-21-10-2-4-12-23(21)25-14-6-8-16-27(25)29/h1-19,30H,32-33H2/b31-19-. The van der Waals surface area contributed by atoms with Gasteiger partial charge in [0.05, 0.1) is 6.04 Å². The van der Waals surface area contributed by atoms with Crippen LogP contribution in [0.25, 0.3) is 48.8 Å². The van der Waals surface area contributed by atoms with Gasteiger partial charge in [0, 0.05) is 11.3 Å². The van der Waals surface area contributed by atoms with E-state index in [1.54, 1.807) is 0 Å². The minimum Gasteiger partial charge on any atom is -0.398 e. The minimum atomic E-state index is -0.329. The highest BCUT2D eigenvalue weighted by Gasteiger charge is 2.14. The van der Waals surface area contributed by atoms with Gasteiger partial charge in [-0.2, -0.15) is 0 Å². The molecule has 0 aromatic heterocycles. The molecular weight excluding hydrogens is 400 g/mol. The Bertz CT molecular complexity index is 1690. The molecule has 0 saturated carbocycles. The maximum atomic E-state index is 6.79. The molecular formula is C31H24N2. The first-order valence-corrected chi connectivity index (χ1v) is 11.2. The quantitative estimate of drug-likeness (QED) is 0.293. The Morgan fingerprint density at radius 1 is 0.545 bits per heavy atom.